The van der Waals surface area contributed by atoms with E-state index < -0.39 is 0 Å². The van der Waals surface area contributed by atoms with E-state index in [1.165, 1.54) is 4.90 Å². The number of hydrogen-bond donors (Lipinski definition) is 1. The van der Waals surface area contributed by atoms with E-state index in [0.717, 1.165) is 22.4 Å². The maximum atomic E-state index is 13.3. The minimum Gasteiger partial charge on any atom is -0.350 e. The van der Waals surface area contributed by atoms with Gasteiger partial charge in [0, 0.05) is 23.1 Å². The van der Waals surface area contributed by atoms with Crippen LogP contribution in [0.2, 0.25) is 5.02 Å². The average Bonchev–Trinajstić information content (AvgIpc) is 2.96. The monoisotopic (exact) mass is 417 g/mol. The number of carbonyl (C=O) groups excluding carboxylic acids is 2. The van der Waals surface area contributed by atoms with E-state index in [2.05, 4.69) is 10.3 Å². The SMILES string of the molecule is Cc1ccc(C2=C(Nc3ccc(Cl)cc3C)C(=O)N(Cc3ccncc3)C2=O)cc1. The van der Waals surface area contributed by atoms with Gasteiger partial charge in [-0.15, -0.1) is 0 Å². The van der Waals surface area contributed by atoms with Crippen LogP contribution in [0.4, 0.5) is 5.69 Å². The van der Waals surface area contributed by atoms with Crippen LogP contribution in [0.25, 0.3) is 5.57 Å². The zero-order valence-electron chi connectivity index (χ0n) is 16.6. The summed E-state index contributed by atoms with van der Waals surface area (Å²) in [6.45, 7) is 4.06. The maximum absolute atomic E-state index is 13.3. The number of nitrogens with one attached hydrogen (secondary N) is 1. The van der Waals surface area contributed by atoms with Gasteiger partial charge in [0.25, 0.3) is 11.8 Å². The van der Waals surface area contributed by atoms with Crippen LogP contribution in [-0.2, 0) is 16.1 Å². The molecule has 150 valence electrons. The Kier molecular flexibility index (Phi) is 5.38. The molecule has 1 aliphatic heterocycles. The number of nitrogens with zero attached hydrogens (tertiary/aromatic N) is 2. The molecule has 0 saturated heterocycles. The van der Waals surface area contributed by atoms with Crippen LogP contribution >= 0.6 is 11.6 Å². The lowest BCUT2D eigenvalue weighted by molar-refractivity contribution is -0.137. The molecule has 1 aromatic heterocycles. The topological polar surface area (TPSA) is 62.3 Å². The number of benzene rings is 2. The van der Waals surface area contributed by atoms with Gasteiger partial charge in [-0.05, 0) is 60.9 Å². The lowest BCUT2D eigenvalue weighted by Crippen LogP contribution is -2.32. The molecule has 5 nitrogen and oxygen atoms in total. The molecule has 0 bridgehead atoms. The molecule has 3 aromatic rings. The first kappa shape index (κ1) is 19.9. The summed E-state index contributed by atoms with van der Waals surface area (Å²) in [5.41, 5.74) is 4.85. The van der Waals surface area contributed by atoms with Crippen LogP contribution in [0.5, 0.6) is 0 Å². The second-order valence-electron chi connectivity index (χ2n) is 7.25. The molecular weight excluding hydrogens is 398 g/mol. The van der Waals surface area contributed by atoms with E-state index in [9.17, 15) is 9.59 Å². The molecule has 6 heteroatoms. The van der Waals surface area contributed by atoms with Crippen LogP contribution in [0.1, 0.15) is 22.3 Å². The van der Waals surface area contributed by atoms with Crippen LogP contribution in [0.3, 0.4) is 0 Å². The summed E-state index contributed by atoms with van der Waals surface area (Å²) >= 11 is 6.06. The smallest absolute Gasteiger partial charge is 0.278 e. The normalized spacial score (nSPS) is 13.9. The molecule has 0 fully saturated rings. The van der Waals surface area contributed by atoms with Crippen molar-refractivity contribution in [3.8, 4) is 0 Å². The number of aromatic nitrogens is 1. The highest BCUT2D eigenvalue weighted by atomic mass is 35.5. The fourth-order valence-electron chi connectivity index (χ4n) is 3.40. The first-order chi connectivity index (χ1) is 14.4. The number of anilines is 1. The summed E-state index contributed by atoms with van der Waals surface area (Å²) in [4.78, 5) is 31.9. The second kappa shape index (κ2) is 8.13. The zero-order chi connectivity index (χ0) is 21.3. The van der Waals surface area contributed by atoms with Crippen molar-refractivity contribution in [2.24, 2.45) is 0 Å². The Balaban J connectivity index is 1.76. The zero-order valence-corrected chi connectivity index (χ0v) is 17.4. The number of rotatable bonds is 5. The third kappa shape index (κ3) is 3.84. The highest BCUT2D eigenvalue weighted by molar-refractivity contribution is 6.36. The van der Waals surface area contributed by atoms with Gasteiger partial charge in [-0.2, -0.15) is 0 Å². The van der Waals surface area contributed by atoms with Gasteiger partial charge in [-0.25, -0.2) is 0 Å². The van der Waals surface area contributed by atoms with E-state index in [0.29, 0.717) is 16.2 Å². The molecule has 1 aliphatic rings. The number of carbonyl (C=O) groups is 2. The Labute approximate surface area is 180 Å². The number of aryl methyl sites for hydroxylation is 2. The lowest BCUT2D eigenvalue weighted by atomic mass is 10.0. The van der Waals surface area contributed by atoms with Gasteiger partial charge >= 0.3 is 0 Å². The maximum Gasteiger partial charge on any atom is 0.278 e. The fraction of sp³-hybridized carbons (Fsp3) is 0.125. The average molecular weight is 418 g/mol. The summed E-state index contributed by atoms with van der Waals surface area (Å²) in [5.74, 6) is -0.684. The van der Waals surface area contributed by atoms with Crippen molar-refractivity contribution in [2.75, 3.05) is 5.32 Å². The molecular formula is C24H20ClN3O2. The van der Waals surface area contributed by atoms with Crippen molar-refractivity contribution >= 4 is 34.7 Å². The van der Waals surface area contributed by atoms with Gasteiger partial charge in [0.05, 0.1) is 12.1 Å². The molecule has 0 atom stereocenters. The Morgan fingerprint density at radius 2 is 1.63 bits per heavy atom. The lowest BCUT2D eigenvalue weighted by Gasteiger charge is -2.15. The number of hydrogen-bond acceptors (Lipinski definition) is 4. The number of pyridine rings is 1. The second-order valence-corrected chi connectivity index (χ2v) is 7.69. The van der Waals surface area contributed by atoms with Gasteiger partial charge in [0.15, 0.2) is 0 Å². The third-order valence-electron chi connectivity index (χ3n) is 5.05. The van der Waals surface area contributed by atoms with E-state index in [1.807, 2.05) is 44.2 Å². The van der Waals surface area contributed by atoms with Crippen molar-refractivity contribution in [1.29, 1.82) is 0 Å². The van der Waals surface area contributed by atoms with E-state index in [1.54, 1.807) is 36.7 Å². The molecule has 2 amide bonds. The summed E-state index contributed by atoms with van der Waals surface area (Å²) in [5, 5.41) is 3.80. The van der Waals surface area contributed by atoms with Crippen LogP contribution in [-0.4, -0.2) is 21.7 Å². The fourth-order valence-corrected chi connectivity index (χ4v) is 3.62. The van der Waals surface area contributed by atoms with Crippen LogP contribution in [0, 0.1) is 13.8 Å². The van der Waals surface area contributed by atoms with Crippen molar-refractivity contribution in [2.45, 2.75) is 20.4 Å². The predicted octanol–water partition coefficient (Wildman–Crippen LogP) is 4.74. The summed E-state index contributed by atoms with van der Waals surface area (Å²) < 4.78 is 0. The van der Waals surface area contributed by atoms with E-state index in [4.69, 9.17) is 11.6 Å². The Hall–Kier alpha value is -3.44. The molecule has 4 rings (SSSR count). The minimum absolute atomic E-state index is 0.181. The quantitative estimate of drug-likeness (QED) is 0.609. The van der Waals surface area contributed by atoms with Crippen molar-refractivity contribution in [3.05, 3.63) is 100.0 Å². The molecule has 0 aliphatic carbocycles. The molecule has 0 spiro atoms. The molecule has 0 unspecified atom stereocenters. The summed E-state index contributed by atoms with van der Waals surface area (Å²) in [6.07, 6.45) is 3.29. The highest BCUT2D eigenvalue weighted by Crippen LogP contribution is 2.32. The number of amides is 2. The van der Waals surface area contributed by atoms with Crippen LogP contribution in [0.15, 0.2) is 72.7 Å². The molecule has 0 radical (unpaired) electrons. The van der Waals surface area contributed by atoms with Crippen molar-refractivity contribution < 1.29 is 9.59 Å². The summed E-state index contributed by atoms with van der Waals surface area (Å²) in [7, 11) is 0. The molecule has 2 aromatic carbocycles. The first-order valence-electron chi connectivity index (χ1n) is 9.53. The van der Waals surface area contributed by atoms with Gasteiger partial charge in [0.2, 0.25) is 0 Å². The Morgan fingerprint density at radius 1 is 0.933 bits per heavy atom. The van der Waals surface area contributed by atoms with Crippen LogP contribution < -0.4 is 5.32 Å². The molecule has 2 heterocycles. The largest absolute Gasteiger partial charge is 0.350 e. The standard InChI is InChI=1S/C24H20ClN3O2/c1-15-3-5-18(6-4-15)21-22(27-20-8-7-19(25)13-16(20)2)24(30)28(23(21)29)14-17-9-11-26-12-10-17/h3-13,27H,14H2,1-2H3. The third-order valence-corrected chi connectivity index (χ3v) is 5.28. The van der Waals surface area contributed by atoms with Crippen molar-refractivity contribution in [3.63, 3.8) is 0 Å². The summed E-state index contributed by atoms with van der Waals surface area (Å²) in [6, 6.07) is 16.5. The molecule has 1 N–H and O–H groups in total. The Bertz CT molecular complexity index is 1150. The molecule has 0 saturated carbocycles. The van der Waals surface area contributed by atoms with Gasteiger partial charge in [-0.1, -0.05) is 41.4 Å². The molecule has 30 heavy (non-hydrogen) atoms. The van der Waals surface area contributed by atoms with Gasteiger partial charge < -0.3 is 5.32 Å². The van der Waals surface area contributed by atoms with E-state index >= 15 is 0 Å². The Morgan fingerprint density at radius 3 is 2.30 bits per heavy atom. The first-order valence-corrected chi connectivity index (χ1v) is 9.91. The minimum atomic E-state index is -0.360. The van der Waals surface area contributed by atoms with Crippen molar-refractivity contribution in [1.82, 2.24) is 9.88 Å². The number of halogens is 1. The van der Waals surface area contributed by atoms with Gasteiger partial charge in [0.1, 0.15) is 5.70 Å². The highest BCUT2D eigenvalue weighted by Gasteiger charge is 2.39. The predicted molar refractivity (Wildman–Crippen MR) is 118 cm³/mol. The van der Waals surface area contributed by atoms with E-state index in [-0.39, 0.29) is 24.1 Å². The van der Waals surface area contributed by atoms with Gasteiger partial charge in [-0.3, -0.25) is 19.5 Å². The number of imide groups is 1.